The highest BCUT2D eigenvalue weighted by Crippen LogP contribution is 2.31. The van der Waals surface area contributed by atoms with Crippen LogP contribution in [0.1, 0.15) is 26.3 Å². The Balaban J connectivity index is 2.08. The minimum atomic E-state index is -0.693. The summed E-state index contributed by atoms with van der Waals surface area (Å²) in [6.07, 6.45) is 0. The summed E-state index contributed by atoms with van der Waals surface area (Å²) in [4.78, 5) is 12.5. The van der Waals surface area contributed by atoms with Crippen molar-refractivity contribution in [3.8, 4) is 5.75 Å². The first-order chi connectivity index (χ1) is 9.76. The van der Waals surface area contributed by atoms with Gasteiger partial charge in [0.05, 0.1) is 25.7 Å². The summed E-state index contributed by atoms with van der Waals surface area (Å²) < 4.78 is 16.4. The van der Waals surface area contributed by atoms with Crippen LogP contribution in [0.2, 0.25) is 0 Å². The lowest BCUT2D eigenvalue weighted by Gasteiger charge is -2.40. The molecular weight excluding hydrogens is 270 g/mol. The van der Waals surface area contributed by atoms with Crippen LogP contribution in [0.5, 0.6) is 5.75 Å². The average Bonchev–Trinajstić information content (AvgIpc) is 2.44. The first kappa shape index (κ1) is 15.8. The van der Waals surface area contributed by atoms with Gasteiger partial charge < -0.3 is 19.5 Å². The molecule has 21 heavy (non-hydrogen) atoms. The molecule has 1 N–H and O–H groups in total. The summed E-state index contributed by atoms with van der Waals surface area (Å²) >= 11 is 0. The van der Waals surface area contributed by atoms with Crippen LogP contribution < -0.4 is 10.1 Å². The minimum Gasteiger partial charge on any atom is -0.497 e. The lowest BCUT2D eigenvalue weighted by atomic mass is 9.90. The van der Waals surface area contributed by atoms with Crippen LogP contribution in [0.25, 0.3) is 0 Å². The number of amides is 1. The molecule has 1 aliphatic heterocycles. The van der Waals surface area contributed by atoms with E-state index in [2.05, 4.69) is 5.32 Å². The zero-order valence-corrected chi connectivity index (χ0v) is 13.3. The maximum atomic E-state index is 12.5. The number of methoxy groups -OCH3 is 1. The highest BCUT2D eigenvalue weighted by molar-refractivity contribution is 5.96. The molecule has 0 saturated carbocycles. The lowest BCUT2D eigenvalue weighted by molar-refractivity contribution is -0.276. The van der Waals surface area contributed by atoms with Gasteiger partial charge in [-0.25, -0.2) is 0 Å². The Hall–Kier alpha value is -1.59. The molecule has 1 aromatic rings. The molecule has 0 aliphatic carbocycles. The Morgan fingerprint density at radius 1 is 1.24 bits per heavy atom. The third-order valence-electron chi connectivity index (χ3n) is 3.71. The third kappa shape index (κ3) is 3.54. The van der Waals surface area contributed by atoms with Crippen LogP contribution in [0, 0.1) is 12.3 Å². The van der Waals surface area contributed by atoms with Gasteiger partial charge in [-0.2, -0.15) is 0 Å². The van der Waals surface area contributed by atoms with E-state index in [0.29, 0.717) is 13.2 Å². The Bertz CT molecular complexity index is 529. The van der Waals surface area contributed by atoms with Crippen molar-refractivity contribution in [3.05, 3.63) is 23.8 Å². The quantitative estimate of drug-likeness (QED) is 0.931. The van der Waals surface area contributed by atoms with Crippen LogP contribution in [0.4, 0.5) is 5.69 Å². The number of hydrogen-bond acceptors (Lipinski definition) is 4. The molecule has 116 valence electrons. The van der Waals surface area contributed by atoms with Gasteiger partial charge in [-0.05, 0) is 51.5 Å². The fourth-order valence-corrected chi connectivity index (χ4v) is 2.06. The van der Waals surface area contributed by atoms with E-state index in [1.54, 1.807) is 7.11 Å². The Morgan fingerprint density at radius 2 is 1.86 bits per heavy atom. The van der Waals surface area contributed by atoms with Crippen molar-refractivity contribution in [2.24, 2.45) is 5.41 Å². The van der Waals surface area contributed by atoms with E-state index in [1.165, 1.54) is 0 Å². The smallest absolute Gasteiger partial charge is 0.235 e. The van der Waals surface area contributed by atoms with Crippen LogP contribution in [0.15, 0.2) is 18.2 Å². The molecule has 1 aliphatic rings. The molecule has 0 bridgehead atoms. The van der Waals surface area contributed by atoms with E-state index in [9.17, 15) is 4.79 Å². The summed E-state index contributed by atoms with van der Waals surface area (Å²) in [5.41, 5.74) is 1.03. The van der Waals surface area contributed by atoms with E-state index in [-0.39, 0.29) is 5.91 Å². The van der Waals surface area contributed by atoms with E-state index >= 15 is 0 Å². The predicted molar refractivity (Wildman–Crippen MR) is 80.5 cm³/mol. The maximum Gasteiger partial charge on any atom is 0.235 e. The van der Waals surface area contributed by atoms with Crippen molar-refractivity contribution in [3.63, 3.8) is 0 Å². The van der Waals surface area contributed by atoms with Gasteiger partial charge in [-0.1, -0.05) is 0 Å². The number of ether oxygens (including phenoxy) is 3. The van der Waals surface area contributed by atoms with Crippen LogP contribution in [-0.2, 0) is 14.3 Å². The van der Waals surface area contributed by atoms with Gasteiger partial charge in [-0.15, -0.1) is 0 Å². The molecule has 1 fully saturated rings. The largest absolute Gasteiger partial charge is 0.497 e. The van der Waals surface area contributed by atoms with Crippen LogP contribution >= 0.6 is 0 Å². The van der Waals surface area contributed by atoms with E-state index in [4.69, 9.17) is 14.2 Å². The predicted octanol–water partition coefficient (Wildman–Crippen LogP) is 2.73. The van der Waals surface area contributed by atoms with Gasteiger partial charge in [0.2, 0.25) is 5.91 Å². The van der Waals surface area contributed by atoms with Crippen molar-refractivity contribution in [2.75, 3.05) is 25.6 Å². The Kier molecular flexibility index (Phi) is 4.25. The third-order valence-corrected chi connectivity index (χ3v) is 3.71. The number of benzene rings is 1. The molecule has 0 radical (unpaired) electrons. The zero-order chi connectivity index (χ0) is 15.7. The molecule has 1 saturated heterocycles. The van der Waals surface area contributed by atoms with Gasteiger partial charge in [0.1, 0.15) is 5.75 Å². The summed E-state index contributed by atoms with van der Waals surface area (Å²) in [7, 11) is 1.62. The Labute approximate surface area is 125 Å². The lowest BCUT2D eigenvalue weighted by Crippen LogP contribution is -2.50. The van der Waals surface area contributed by atoms with Gasteiger partial charge >= 0.3 is 0 Å². The highest BCUT2D eigenvalue weighted by Gasteiger charge is 2.42. The topological polar surface area (TPSA) is 56.8 Å². The number of carbonyl (C=O) groups excluding carboxylic acids is 1. The SMILES string of the molecule is COc1ccc(NC(=O)C2(C)COC(C)(C)OC2)c(C)c1. The molecule has 1 aromatic carbocycles. The molecule has 0 unspecified atom stereocenters. The van der Waals surface area contributed by atoms with Crippen LogP contribution in [-0.4, -0.2) is 32.0 Å². The average molecular weight is 293 g/mol. The highest BCUT2D eigenvalue weighted by atomic mass is 16.7. The second-order valence-electron chi connectivity index (χ2n) is 6.17. The fourth-order valence-electron chi connectivity index (χ4n) is 2.06. The number of nitrogens with one attached hydrogen (secondary N) is 1. The molecule has 0 atom stereocenters. The van der Waals surface area contributed by atoms with Gasteiger partial charge in [0, 0.05) is 5.69 Å². The summed E-state index contributed by atoms with van der Waals surface area (Å²) in [5.74, 6) is 0.0320. The fraction of sp³-hybridized carbons (Fsp3) is 0.562. The number of rotatable bonds is 3. The van der Waals surface area contributed by atoms with E-state index < -0.39 is 11.2 Å². The van der Waals surface area contributed by atoms with Crippen molar-refractivity contribution in [1.29, 1.82) is 0 Å². The monoisotopic (exact) mass is 293 g/mol. The molecule has 1 heterocycles. The molecule has 0 spiro atoms. The van der Waals surface area contributed by atoms with Gasteiger partial charge in [0.25, 0.3) is 0 Å². The van der Waals surface area contributed by atoms with E-state index in [0.717, 1.165) is 17.0 Å². The molecule has 1 amide bonds. The summed E-state index contributed by atoms with van der Waals surface area (Å²) in [5, 5.41) is 2.94. The molecule has 2 rings (SSSR count). The first-order valence-electron chi connectivity index (χ1n) is 7.00. The first-order valence-corrected chi connectivity index (χ1v) is 7.00. The second-order valence-corrected chi connectivity index (χ2v) is 6.17. The number of anilines is 1. The van der Waals surface area contributed by atoms with Gasteiger partial charge in [0.15, 0.2) is 5.79 Å². The Morgan fingerprint density at radius 3 is 2.38 bits per heavy atom. The molecule has 5 nitrogen and oxygen atoms in total. The van der Waals surface area contributed by atoms with Crippen molar-refractivity contribution >= 4 is 11.6 Å². The van der Waals surface area contributed by atoms with Gasteiger partial charge in [-0.3, -0.25) is 4.79 Å². The summed E-state index contributed by atoms with van der Waals surface area (Å²) in [6.45, 7) is 8.13. The number of carbonyl (C=O) groups is 1. The number of aryl methyl sites for hydroxylation is 1. The van der Waals surface area contributed by atoms with Crippen molar-refractivity contribution < 1.29 is 19.0 Å². The van der Waals surface area contributed by atoms with Crippen LogP contribution in [0.3, 0.4) is 0 Å². The minimum absolute atomic E-state index is 0.105. The summed E-state index contributed by atoms with van der Waals surface area (Å²) in [6, 6.07) is 5.54. The molecule has 0 aromatic heterocycles. The van der Waals surface area contributed by atoms with Crippen molar-refractivity contribution in [2.45, 2.75) is 33.5 Å². The molecular formula is C16H23NO4. The standard InChI is InChI=1S/C16H23NO4/c1-11-8-12(19-5)6-7-13(11)17-14(18)16(4)9-20-15(2,3)21-10-16/h6-8H,9-10H2,1-5H3,(H,17,18). The maximum absolute atomic E-state index is 12.5. The van der Waals surface area contributed by atoms with Crippen molar-refractivity contribution in [1.82, 2.24) is 0 Å². The zero-order valence-electron chi connectivity index (χ0n) is 13.3. The molecule has 5 heteroatoms. The number of hydrogen-bond donors (Lipinski definition) is 1. The normalized spacial score (nSPS) is 19.9. The van der Waals surface area contributed by atoms with E-state index in [1.807, 2.05) is 45.9 Å². The second kappa shape index (κ2) is 5.66.